The van der Waals surface area contributed by atoms with Gasteiger partial charge in [-0.25, -0.2) is 4.79 Å². The number of methoxy groups -OCH3 is 1. The van der Waals surface area contributed by atoms with E-state index in [1.54, 1.807) is 19.1 Å². The number of ether oxygens (including phenoxy) is 1. The van der Waals surface area contributed by atoms with Crippen LogP contribution in [0.1, 0.15) is 18.5 Å². The maximum Gasteiger partial charge on any atom is 0.338 e. The van der Waals surface area contributed by atoms with Gasteiger partial charge < -0.3 is 10.1 Å². The molecule has 10 heteroatoms. The van der Waals surface area contributed by atoms with Crippen LogP contribution in [0.3, 0.4) is 0 Å². The summed E-state index contributed by atoms with van der Waals surface area (Å²) in [6, 6.07) is 5.23. The summed E-state index contributed by atoms with van der Waals surface area (Å²) in [5, 5.41) is 25.1. The molecule has 118 valence electrons. The van der Waals surface area contributed by atoms with Gasteiger partial charge in [0.25, 0.3) is 5.69 Å². The highest BCUT2D eigenvalue weighted by molar-refractivity contribution is 5.92. The second-order valence-corrected chi connectivity index (χ2v) is 4.85. The Hall–Kier alpha value is -3.30. The number of fused-ring (bicyclic) bond motifs is 1. The quantitative estimate of drug-likeness (QED) is 0.506. The van der Waals surface area contributed by atoms with E-state index in [0.717, 1.165) is 0 Å². The van der Waals surface area contributed by atoms with Crippen molar-refractivity contribution >= 4 is 17.6 Å². The molecule has 10 nitrogen and oxygen atoms in total. The molecule has 1 aromatic carbocycles. The van der Waals surface area contributed by atoms with E-state index >= 15 is 0 Å². The van der Waals surface area contributed by atoms with E-state index in [1.807, 2.05) is 0 Å². The van der Waals surface area contributed by atoms with E-state index in [2.05, 4.69) is 20.8 Å². The predicted octanol–water partition coefficient (Wildman–Crippen LogP) is 1.04. The van der Waals surface area contributed by atoms with Crippen LogP contribution in [0.2, 0.25) is 0 Å². The Kier molecular flexibility index (Phi) is 3.48. The number of benzene rings is 1. The number of non-ortho nitro benzene ring substituents is 1. The third kappa shape index (κ3) is 2.39. The number of hydrogen-bond donors (Lipinski definition) is 1. The smallest absolute Gasteiger partial charge is 0.338 e. The molecule has 0 spiro atoms. The molecular weight excluding hydrogens is 304 g/mol. The molecule has 1 aliphatic heterocycles. The van der Waals surface area contributed by atoms with E-state index in [1.165, 1.54) is 23.9 Å². The zero-order valence-corrected chi connectivity index (χ0v) is 12.3. The molecule has 0 radical (unpaired) electrons. The number of tetrazole rings is 1. The molecule has 3 rings (SSSR count). The average Bonchev–Trinajstić information content (AvgIpc) is 3.00. The minimum Gasteiger partial charge on any atom is -0.466 e. The summed E-state index contributed by atoms with van der Waals surface area (Å²) < 4.78 is 6.27. The predicted molar refractivity (Wildman–Crippen MR) is 77.4 cm³/mol. The molecule has 0 aliphatic carbocycles. The van der Waals surface area contributed by atoms with Gasteiger partial charge in [-0.2, -0.15) is 4.68 Å². The molecule has 1 aromatic heterocycles. The molecule has 1 atom stereocenters. The van der Waals surface area contributed by atoms with E-state index in [4.69, 9.17) is 4.74 Å². The number of rotatable bonds is 3. The van der Waals surface area contributed by atoms with Gasteiger partial charge in [0.05, 0.1) is 17.6 Å². The lowest BCUT2D eigenvalue weighted by atomic mass is 9.95. The summed E-state index contributed by atoms with van der Waals surface area (Å²) in [5.41, 5.74) is 1.48. The summed E-state index contributed by atoms with van der Waals surface area (Å²) >= 11 is 0. The lowest BCUT2D eigenvalue weighted by Gasteiger charge is -2.26. The van der Waals surface area contributed by atoms with Crippen LogP contribution < -0.4 is 5.32 Å². The largest absolute Gasteiger partial charge is 0.466 e. The van der Waals surface area contributed by atoms with E-state index in [0.29, 0.717) is 22.8 Å². The minimum atomic E-state index is -0.630. The molecule has 2 aromatic rings. The zero-order chi connectivity index (χ0) is 16.6. The lowest BCUT2D eigenvalue weighted by Crippen LogP contribution is -2.29. The van der Waals surface area contributed by atoms with Crippen LogP contribution >= 0.6 is 0 Å². The molecule has 1 N–H and O–H groups in total. The summed E-state index contributed by atoms with van der Waals surface area (Å²) in [4.78, 5) is 22.5. The number of aromatic nitrogens is 4. The van der Waals surface area contributed by atoms with Crippen molar-refractivity contribution < 1.29 is 14.5 Å². The van der Waals surface area contributed by atoms with Crippen LogP contribution in [-0.4, -0.2) is 38.2 Å². The second kappa shape index (κ2) is 5.48. The number of allylic oxidation sites excluding steroid dienone is 1. The number of hydrogen-bond acceptors (Lipinski definition) is 8. The Morgan fingerprint density at radius 1 is 1.39 bits per heavy atom. The van der Waals surface area contributed by atoms with Crippen molar-refractivity contribution in [2.24, 2.45) is 0 Å². The molecule has 0 saturated heterocycles. The van der Waals surface area contributed by atoms with Crippen LogP contribution in [0.15, 0.2) is 35.5 Å². The number of esters is 1. The molecule has 0 amide bonds. The minimum absolute atomic E-state index is 0.0417. The third-order valence-electron chi connectivity index (χ3n) is 3.54. The van der Waals surface area contributed by atoms with Gasteiger partial charge >= 0.3 is 5.97 Å². The molecule has 23 heavy (non-hydrogen) atoms. The fourth-order valence-electron chi connectivity index (χ4n) is 2.47. The van der Waals surface area contributed by atoms with Gasteiger partial charge in [0, 0.05) is 17.8 Å². The fraction of sp³-hybridized carbons (Fsp3) is 0.231. The van der Waals surface area contributed by atoms with Gasteiger partial charge in [0.15, 0.2) is 0 Å². The van der Waals surface area contributed by atoms with Crippen LogP contribution in [-0.2, 0) is 9.53 Å². The molecule has 2 heterocycles. The van der Waals surface area contributed by atoms with Gasteiger partial charge in [-0.1, -0.05) is 5.10 Å². The standard InChI is InChI=1S/C13H12N6O4/c1-7-10(12(20)23-2)11(18-13(14-7)15-16-17-18)8-3-5-9(6-4-8)19(21)22/h3-6,11H,1-2H3,(H,14,15,17)/t11-/m1/s1. The number of nitrogens with zero attached hydrogens (tertiary/aromatic N) is 5. The molecule has 0 saturated carbocycles. The summed E-state index contributed by atoms with van der Waals surface area (Å²) in [6.45, 7) is 1.71. The Labute approximate surface area is 129 Å². The Bertz CT molecular complexity index is 810. The first-order valence-corrected chi connectivity index (χ1v) is 6.61. The average molecular weight is 316 g/mol. The summed E-state index contributed by atoms with van der Waals surface area (Å²) in [7, 11) is 1.28. The summed E-state index contributed by atoms with van der Waals surface area (Å²) in [5.74, 6) is -0.155. The van der Waals surface area contributed by atoms with Gasteiger partial charge in [-0.3, -0.25) is 10.1 Å². The van der Waals surface area contributed by atoms with Crippen molar-refractivity contribution in [1.29, 1.82) is 0 Å². The number of nitrogens with one attached hydrogen (secondary N) is 1. The lowest BCUT2D eigenvalue weighted by molar-refractivity contribution is -0.384. The second-order valence-electron chi connectivity index (χ2n) is 4.85. The van der Waals surface area contributed by atoms with E-state index in [-0.39, 0.29) is 5.69 Å². The highest BCUT2D eigenvalue weighted by Gasteiger charge is 2.34. The number of anilines is 1. The molecule has 0 fully saturated rings. The van der Waals surface area contributed by atoms with E-state index < -0.39 is 16.9 Å². The third-order valence-corrected chi connectivity index (χ3v) is 3.54. The zero-order valence-electron chi connectivity index (χ0n) is 12.3. The molecular formula is C13H12N6O4. The van der Waals surface area contributed by atoms with Crippen molar-refractivity contribution in [3.05, 3.63) is 51.2 Å². The van der Waals surface area contributed by atoms with Crippen LogP contribution in [0.25, 0.3) is 0 Å². The first-order valence-electron chi connectivity index (χ1n) is 6.61. The Morgan fingerprint density at radius 2 is 2.09 bits per heavy atom. The van der Waals surface area contributed by atoms with Crippen LogP contribution in [0.4, 0.5) is 11.6 Å². The van der Waals surface area contributed by atoms with Crippen molar-refractivity contribution in [1.82, 2.24) is 20.2 Å². The molecule has 0 unspecified atom stereocenters. The van der Waals surface area contributed by atoms with Crippen molar-refractivity contribution in [2.75, 3.05) is 12.4 Å². The summed E-state index contributed by atoms with van der Waals surface area (Å²) in [6.07, 6.45) is 0. The number of carbonyl (C=O) groups excluding carboxylic acids is 1. The Morgan fingerprint density at radius 3 is 2.70 bits per heavy atom. The van der Waals surface area contributed by atoms with Gasteiger partial charge in [-0.05, 0) is 35.0 Å². The monoisotopic (exact) mass is 316 g/mol. The van der Waals surface area contributed by atoms with Gasteiger partial charge in [0.2, 0.25) is 5.95 Å². The first kappa shape index (κ1) is 14.6. The maximum atomic E-state index is 12.2. The van der Waals surface area contributed by atoms with Crippen LogP contribution in [0, 0.1) is 10.1 Å². The van der Waals surface area contributed by atoms with Crippen molar-refractivity contribution in [3.63, 3.8) is 0 Å². The highest BCUT2D eigenvalue weighted by Crippen LogP contribution is 2.35. The fourth-order valence-corrected chi connectivity index (χ4v) is 2.47. The topological polar surface area (TPSA) is 125 Å². The highest BCUT2D eigenvalue weighted by atomic mass is 16.6. The number of nitro groups is 1. The normalized spacial score (nSPS) is 16.5. The van der Waals surface area contributed by atoms with Gasteiger partial charge in [0.1, 0.15) is 6.04 Å². The van der Waals surface area contributed by atoms with E-state index in [9.17, 15) is 14.9 Å². The van der Waals surface area contributed by atoms with Crippen molar-refractivity contribution in [3.8, 4) is 0 Å². The molecule has 0 bridgehead atoms. The van der Waals surface area contributed by atoms with Crippen molar-refractivity contribution in [2.45, 2.75) is 13.0 Å². The number of carbonyl (C=O) groups is 1. The first-order chi connectivity index (χ1) is 11.0. The molecule has 1 aliphatic rings. The maximum absolute atomic E-state index is 12.2. The number of nitro benzene ring substituents is 1. The Balaban J connectivity index is 2.13. The SMILES string of the molecule is COC(=O)C1=C(C)Nc2nnnn2[C@@H]1c1ccc([N+](=O)[O-])cc1. The van der Waals surface area contributed by atoms with Gasteiger partial charge in [-0.15, -0.1) is 0 Å². The van der Waals surface area contributed by atoms with Crippen LogP contribution in [0.5, 0.6) is 0 Å².